The molecule has 3 N–H and O–H groups in total. The topological polar surface area (TPSA) is 84.7 Å². The molecule has 1 aromatic rings. The maximum absolute atomic E-state index is 12.4. The third kappa shape index (κ3) is 2.85. The Bertz CT molecular complexity index is 473. The molecule has 1 aromatic carbocycles. The molecule has 2 rings (SSSR count). The van der Waals surface area contributed by atoms with Gasteiger partial charge < -0.3 is 20.7 Å². The van der Waals surface area contributed by atoms with Gasteiger partial charge in [0.1, 0.15) is 11.8 Å². The second kappa shape index (κ2) is 5.71. The van der Waals surface area contributed by atoms with Gasteiger partial charge in [0, 0.05) is 25.2 Å². The van der Waals surface area contributed by atoms with Crippen molar-refractivity contribution >= 4 is 11.8 Å². The molecule has 6 nitrogen and oxygen atoms in total. The Morgan fingerprint density at radius 3 is 2.63 bits per heavy atom. The molecule has 102 valence electrons. The molecule has 0 aliphatic carbocycles. The molecule has 1 heterocycles. The number of nitrogens with one attached hydrogen (secondary N) is 1. The molecule has 0 radical (unpaired) electrons. The predicted molar refractivity (Wildman–Crippen MR) is 69.9 cm³/mol. The van der Waals surface area contributed by atoms with Crippen LogP contribution in [0.25, 0.3) is 0 Å². The molecule has 0 bridgehead atoms. The molecular weight excluding hydrogens is 246 g/mol. The zero-order valence-electron chi connectivity index (χ0n) is 10.8. The molecule has 1 unspecified atom stereocenters. The molecular formula is C13H17N3O3. The molecule has 1 aliphatic rings. The van der Waals surface area contributed by atoms with Gasteiger partial charge in [-0.1, -0.05) is 0 Å². The van der Waals surface area contributed by atoms with Crippen LogP contribution in [0.3, 0.4) is 0 Å². The first-order chi connectivity index (χ1) is 9.13. The third-order valence-electron chi connectivity index (χ3n) is 3.17. The normalized spacial score (nSPS) is 19.0. The lowest BCUT2D eigenvalue weighted by Crippen LogP contribution is -2.58. The summed E-state index contributed by atoms with van der Waals surface area (Å²) >= 11 is 0. The maximum atomic E-state index is 12.4. The fourth-order valence-electron chi connectivity index (χ4n) is 2.10. The number of rotatable bonds is 3. The quantitative estimate of drug-likeness (QED) is 0.776. The van der Waals surface area contributed by atoms with Gasteiger partial charge in [0.25, 0.3) is 5.91 Å². The molecule has 2 amide bonds. The van der Waals surface area contributed by atoms with Gasteiger partial charge in [-0.2, -0.15) is 0 Å². The number of hydrogen-bond donors (Lipinski definition) is 2. The average molecular weight is 263 g/mol. The van der Waals surface area contributed by atoms with E-state index < -0.39 is 11.9 Å². The van der Waals surface area contributed by atoms with Crippen molar-refractivity contribution < 1.29 is 14.3 Å². The van der Waals surface area contributed by atoms with E-state index >= 15 is 0 Å². The van der Waals surface area contributed by atoms with Crippen LogP contribution in [0, 0.1) is 0 Å². The summed E-state index contributed by atoms with van der Waals surface area (Å²) in [4.78, 5) is 25.2. The van der Waals surface area contributed by atoms with Crippen LogP contribution >= 0.6 is 0 Å². The van der Waals surface area contributed by atoms with Gasteiger partial charge in [0.15, 0.2) is 0 Å². The standard InChI is InChI=1S/C13H17N3O3/c1-19-10-4-2-9(3-5-10)13(18)16-7-6-15-8-11(16)12(14)17/h2-5,11,15H,6-8H2,1H3,(H2,14,17). The van der Waals surface area contributed by atoms with E-state index in [4.69, 9.17) is 10.5 Å². The summed E-state index contributed by atoms with van der Waals surface area (Å²) < 4.78 is 5.04. The summed E-state index contributed by atoms with van der Waals surface area (Å²) in [6.45, 7) is 1.53. The summed E-state index contributed by atoms with van der Waals surface area (Å²) in [5, 5.41) is 3.06. The van der Waals surface area contributed by atoms with Crippen molar-refractivity contribution in [1.82, 2.24) is 10.2 Å². The van der Waals surface area contributed by atoms with Crippen LogP contribution in [0.4, 0.5) is 0 Å². The number of carbonyl (C=O) groups is 2. The molecule has 1 atom stereocenters. The highest BCUT2D eigenvalue weighted by atomic mass is 16.5. The molecule has 6 heteroatoms. The summed E-state index contributed by atoms with van der Waals surface area (Å²) in [7, 11) is 1.57. The van der Waals surface area contributed by atoms with Crippen molar-refractivity contribution in [3.63, 3.8) is 0 Å². The lowest BCUT2D eigenvalue weighted by Gasteiger charge is -2.34. The van der Waals surface area contributed by atoms with E-state index in [0.29, 0.717) is 30.9 Å². The van der Waals surface area contributed by atoms with Gasteiger partial charge in [0.2, 0.25) is 5.91 Å². The van der Waals surface area contributed by atoms with Crippen LogP contribution < -0.4 is 15.8 Å². The highest BCUT2D eigenvalue weighted by Gasteiger charge is 2.30. The Hall–Kier alpha value is -2.08. The first-order valence-corrected chi connectivity index (χ1v) is 6.08. The van der Waals surface area contributed by atoms with E-state index in [1.54, 1.807) is 31.4 Å². The van der Waals surface area contributed by atoms with Crippen LogP contribution in [0.1, 0.15) is 10.4 Å². The van der Waals surface area contributed by atoms with Crippen LogP contribution in [0.15, 0.2) is 24.3 Å². The largest absolute Gasteiger partial charge is 0.497 e. The zero-order chi connectivity index (χ0) is 13.8. The highest BCUT2D eigenvalue weighted by molar-refractivity contribution is 5.97. The summed E-state index contributed by atoms with van der Waals surface area (Å²) in [6, 6.07) is 6.20. The summed E-state index contributed by atoms with van der Waals surface area (Å²) in [6.07, 6.45) is 0. The van der Waals surface area contributed by atoms with Crippen molar-refractivity contribution in [2.45, 2.75) is 6.04 Å². The minimum atomic E-state index is -0.594. The molecule has 0 aromatic heterocycles. The van der Waals surface area contributed by atoms with Gasteiger partial charge in [-0.3, -0.25) is 9.59 Å². The first kappa shape index (κ1) is 13.4. The molecule has 0 saturated carbocycles. The van der Waals surface area contributed by atoms with Gasteiger partial charge >= 0.3 is 0 Å². The monoisotopic (exact) mass is 263 g/mol. The molecule has 1 aliphatic heterocycles. The Morgan fingerprint density at radius 2 is 2.05 bits per heavy atom. The van der Waals surface area contributed by atoms with Gasteiger partial charge in [-0.05, 0) is 24.3 Å². The first-order valence-electron chi connectivity index (χ1n) is 6.08. The fourth-order valence-corrected chi connectivity index (χ4v) is 2.10. The molecule has 1 saturated heterocycles. The van der Waals surface area contributed by atoms with Crippen molar-refractivity contribution in [2.24, 2.45) is 5.73 Å². The van der Waals surface area contributed by atoms with Crippen LogP contribution in [0.2, 0.25) is 0 Å². The van der Waals surface area contributed by atoms with E-state index in [1.807, 2.05) is 0 Å². The van der Waals surface area contributed by atoms with E-state index in [9.17, 15) is 9.59 Å². The average Bonchev–Trinajstić information content (AvgIpc) is 2.46. The third-order valence-corrected chi connectivity index (χ3v) is 3.17. The minimum absolute atomic E-state index is 0.187. The Balaban J connectivity index is 2.18. The number of nitrogens with two attached hydrogens (primary N) is 1. The van der Waals surface area contributed by atoms with Crippen molar-refractivity contribution in [1.29, 1.82) is 0 Å². The van der Waals surface area contributed by atoms with Gasteiger partial charge in [0.05, 0.1) is 7.11 Å². The number of carbonyl (C=O) groups excluding carboxylic acids is 2. The highest BCUT2D eigenvalue weighted by Crippen LogP contribution is 2.15. The lowest BCUT2D eigenvalue weighted by atomic mass is 10.1. The number of amides is 2. The number of methoxy groups -OCH3 is 1. The lowest BCUT2D eigenvalue weighted by molar-refractivity contribution is -0.122. The van der Waals surface area contributed by atoms with Gasteiger partial charge in [-0.25, -0.2) is 0 Å². The van der Waals surface area contributed by atoms with Gasteiger partial charge in [-0.15, -0.1) is 0 Å². The van der Waals surface area contributed by atoms with Crippen molar-refractivity contribution in [3.8, 4) is 5.75 Å². The Morgan fingerprint density at radius 1 is 1.37 bits per heavy atom. The van der Waals surface area contributed by atoms with Crippen LogP contribution in [0.5, 0.6) is 5.75 Å². The van der Waals surface area contributed by atoms with E-state index in [2.05, 4.69) is 5.32 Å². The summed E-state index contributed by atoms with van der Waals surface area (Å²) in [5.74, 6) is 0.00493. The molecule has 1 fully saturated rings. The number of hydrogen-bond acceptors (Lipinski definition) is 4. The van der Waals surface area contributed by atoms with Crippen molar-refractivity contribution in [3.05, 3.63) is 29.8 Å². The molecule has 19 heavy (non-hydrogen) atoms. The maximum Gasteiger partial charge on any atom is 0.254 e. The fraction of sp³-hybridized carbons (Fsp3) is 0.385. The van der Waals surface area contributed by atoms with Crippen molar-refractivity contribution in [2.75, 3.05) is 26.7 Å². The number of ether oxygens (including phenoxy) is 1. The number of primary amides is 1. The number of nitrogens with zero attached hydrogens (tertiary/aromatic N) is 1. The number of benzene rings is 1. The van der Waals surface area contributed by atoms with Crippen LogP contribution in [-0.4, -0.2) is 49.5 Å². The van der Waals surface area contributed by atoms with Crippen LogP contribution in [-0.2, 0) is 4.79 Å². The number of piperazine rings is 1. The Labute approximate surface area is 111 Å². The van der Waals surface area contributed by atoms with E-state index in [-0.39, 0.29) is 5.91 Å². The summed E-state index contributed by atoms with van der Waals surface area (Å²) in [5.41, 5.74) is 5.85. The second-order valence-electron chi connectivity index (χ2n) is 4.35. The van der Waals surface area contributed by atoms with E-state index in [0.717, 1.165) is 0 Å². The smallest absolute Gasteiger partial charge is 0.254 e. The predicted octanol–water partition coefficient (Wildman–Crippen LogP) is -0.405. The second-order valence-corrected chi connectivity index (χ2v) is 4.35. The Kier molecular flexibility index (Phi) is 4.01. The molecule has 0 spiro atoms. The zero-order valence-corrected chi connectivity index (χ0v) is 10.8. The SMILES string of the molecule is COc1ccc(C(=O)N2CCNCC2C(N)=O)cc1. The minimum Gasteiger partial charge on any atom is -0.497 e. The van der Waals surface area contributed by atoms with E-state index in [1.165, 1.54) is 4.90 Å².